The van der Waals surface area contributed by atoms with Gasteiger partial charge in [-0.1, -0.05) is 18.2 Å². The molecule has 0 spiro atoms. The third-order valence-electron chi connectivity index (χ3n) is 3.93. The molecule has 0 bridgehead atoms. The Bertz CT molecular complexity index is 702. The first-order valence-corrected chi connectivity index (χ1v) is 8.47. The number of aromatic nitrogens is 2. The Hall–Kier alpha value is -2.51. The van der Waals surface area contributed by atoms with Gasteiger partial charge in [0, 0.05) is 37.9 Å². The number of para-hydroxylation sites is 1. The molecule has 7 heteroatoms. The van der Waals surface area contributed by atoms with E-state index < -0.39 is 0 Å². The van der Waals surface area contributed by atoms with E-state index in [0.717, 1.165) is 38.5 Å². The number of carbonyl (C=O) groups is 1. The van der Waals surface area contributed by atoms with Gasteiger partial charge in [-0.2, -0.15) is 0 Å². The van der Waals surface area contributed by atoms with E-state index in [-0.39, 0.29) is 5.91 Å². The maximum absolute atomic E-state index is 12.4. The van der Waals surface area contributed by atoms with Crippen LogP contribution in [0.2, 0.25) is 0 Å². The largest absolute Gasteiger partial charge is 0.379 e. The van der Waals surface area contributed by atoms with Gasteiger partial charge in [0.25, 0.3) is 5.91 Å². The second kappa shape index (κ2) is 8.55. The van der Waals surface area contributed by atoms with Gasteiger partial charge in [0.15, 0.2) is 0 Å². The van der Waals surface area contributed by atoms with Crippen LogP contribution in [0.4, 0.5) is 11.5 Å². The summed E-state index contributed by atoms with van der Waals surface area (Å²) in [5.41, 5.74) is 1.28. The molecule has 0 unspecified atom stereocenters. The van der Waals surface area contributed by atoms with Crippen molar-refractivity contribution in [2.24, 2.45) is 0 Å². The number of anilines is 2. The van der Waals surface area contributed by atoms with Gasteiger partial charge in [-0.3, -0.25) is 9.69 Å². The fourth-order valence-corrected chi connectivity index (χ4v) is 2.66. The molecule has 0 atom stereocenters. The highest BCUT2D eigenvalue weighted by molar-refractivity contribution is 5.93. The van der Waals surface area contributed by atoms with Crippen LogP contribution in [-0.2, 0) is 4.74 Å². The first-order chi connectivity index (χ1) is 12.2. The lowest BCUT2D eigenvalue weighted by Gasteiger charge is -2.26. The van der Waals surface area contributed by atoms with Crippen molar-refractivity contribution in [3.8, 4) is 0 Å². The summed E-state index contributed by atoms with van der Waals surface area (Å²) >= 11 is 0. The monoisotopic (exact) mass is 341 g/mol. The van der Waals surface area contributed by atoms with Crippen LogP contribution in [0.15, 0.2) is 36.4 Å². The van der Waals surface area contributed by atoms with Crippen molar-refractivity contribution in [2.75, 3.05) is 44.7 Å². The third kappa shape index (κ3) is 5.23. The van der Waals surface area contributed by atoms with Gasteiger partial charge in [-0.15, -0.1) is 0 Å². The Morgan fingerprint density at radius 2 is 1.96 bits per heavy atom. The highest BCUT2D eigenvalue weighted by Gasteiger charge is 2.13. The summed E-state index contributed by atoms with van der Waals surface area (Å²) in [5.74, 6) is 0.978. The smallest absolute Gasteiger partial charge is 0.270 e. The van der Waals surface area contributed by atoms with E-state index in [4.69, 9.17) is 4.74 Å². The molecule has 0 saturated carbocycles. The van der Waals surface area contributed by atoms with E-state index in [1.54, 1.807) is 13.0 Å². The molecule has 1 aliphatic rings. The zero-order valence-electron chi connectivity index (χ0n) is 14.4. The second-order valence-corrected chi connectivity index (χ2v) is 5.89. The van der Waals surface area contributed by atoms with Crippen molar-refractivity contribution in [2.45, 2.75) is 6.92 Å². The number of hydrogen-bond acceptors (Lipinski definition) is 6. The van der Waals surface area contributed by atoms with Crippen molar-refractivity contribution in [1.29, 1.82) is 0 Å². The van der Waals surface area contributed by atoms with Crippen molar-refractivity contribution in [3.63, 3.8) is 0 Å². The molecule has 7 nitrogen and oxygen atoms in total. The van der Waals surface area contributed by atoms with Gasteiger partial charge in [-0.05, 0) is 19.1 Å². The molecule has 25 heavy (non-hydrogen) atoms. The fourth-order valence-electron chi connectivity index (χ4n) is 2.66. The van der Waals surface area contributed by atoms with Gasteiger partial charge in [0.1, 0.15) is 17.3 Å². The molecule has 1 aromatic heterocycles. The highest BCUT2D eigenvalue weighted by Crippen LogP contribution is 2.14. The number of aryl methyl sites for hydroxylation is 1. The van der Waals surface area contributed by atoms with E-state index in [1.165, 1.54) is 0 Å². The zero-order valence-corrected chi connectivity index (χ0v) is 14.4. The van der Waals surface area contributed by atoms with Gasteiger partial charge >= 0.3 is 0 Å². The van der Waals surface area contributed by atoms with Crippen LogP contribution in [0.1, 0.15) is 16.3 Å². The lowest BCUT2D eigenvalue weighted by Crippen LogP contribution is -2.41. The number of carbonyl (C=O) groups excluding carboxylic acids is 1. The molecule has 1 aliphatic heterocycles. The van der Waals surface area contributed by atoms with Crippen LogP contribution in [0, 0.1) is 6.92 Å². The summed E-state index contributed by atoms with van der Waals surface area (Å²) in [6, 6.07) is 11.4. The highest BCUT2D eigenvalue weighted by atomic mass is 16.5. The van der Waals surface area contributed by atoms with Gasteiger partial charge in [0.2, 0.25) is 0 Å². The normalized spacial score (nSPS) is 14.9. The molecular weight excluding hydrogens is 318 g/mol. The van der Waals surface area contributed by atoms with Crippen molar-refractivity contribution >= 4 is 17.4 Å². The number of amides is 1. The number of hydrogen-bond donors (Lipinski definition) is 2. The van der Waals surface area contributed by atoms with Crippen LogP contribution < -0.4 is 10.6 Å². The molecule has 2 aromatic rings. The van der Waals surface area contributed by atoms with Crippen molar-refractivity contribution < 1.29 is 9.53 Å². The summed E-state index contributed by atoms with van der Waals surface area (Å²) in [6.45, 7) is 6.51. The number of rotatable bonds is 6. The Balaban J connectivity index is 1.58. The number of benzene rings is 1. The van der Waals surface area contributed by atoms with Crippen molar-refractivity contribution in [3.05, 3.63) is 47.9 Å². The van der Waals surface area contributed by atoms with E-state index in [0.29, 0.717) is 23.9 Å². The topological polar surface area (TPSA) is 79.4 Å². The molecule has 0 aliphatic carbocycles. The lowest BCUT2D eigenvalue weighted by atomic mass is 10.3. The summed E-state index contributed by atoms with van der Waals surface area (Å²) in [4.78, 5) is 23.2. The summed E-state index contributed by atoms with van der Waals surface area (Å²) < 4.78 is 5.32. The summed E-state index contributed by atoms with van der Waals surface area (Å²) in [5, 5.41) is 6.12. The molecule has 1 saturated heterocycles. The first kappa shape index (κ1) is 17.3. The molecule has 3 rings (SSSR count). The SMILES string of the molecule is Cc1nc(Nc2ccccc2)cc(C(=O)NCCN2CCOCC2)n1. The number of nitrogens with one attached hydrogen (secondary N) is 2. The number of morpholine rings is 1. The van der Waals surface area contributed by atoms with E-state index >= 15 is 0 Å². The fraction of sp³-hybridized carbons (Fsp3) is 0.389. The predicted octanol–water partition coefficient (Wildman–Crippen LogP) is 1.59. The molecule has 132 valence electrons. The molecule has 2 N–H and O–H groups in total. The van der Waals surface area contributed by atoms with Gasteiger partial charge < -0.3 is 15.4 Å². The molecule has 1 amide bonds. The number of ether oxygens (including phenoxy) is 1. The van der Waals surface area contributed by atoms with Gasteiger partial charge in [0.05, 0.1) is 13.2 Å². The quantitative estimate of drug-likeness (QED) is 0.831. The average Bonchev–Trinajstić information content (AvgIpc) is 2.63. The van der Waals surface area contributed by atoms with E-state index in [2.05, 4.69) is 25.5 Å². The Morgan fingerprint density at radius 1 is 1.20 bits per heavy atom. The van der Waals surface area contributed by atoms with Crippen LogP contribution in [0.25, 0.3) is 0 Å². The van der Waals surface area contributed by atoms with Crippen LogP contribution >= 0.6 is 0 Å². The molecule has 1 aromatic carbocycles. The minimum Gasteiger partial charge on any atom is -0.379 e. The first-order valence-electron chi connectivity index (χ1n) is 8.47. The van der Waals surface area contributed by atoms with Crippen LogP contribution in [0.3, 0.4) is 0 Å². The molecular formula is C18H23N5O2. The maximum atomic E-state index is 12.4. The molecule has 0 radical (unpaired) electrons. The molecule has 2 heterocycles. The van der Waals surface area contributed by atoms with Gasteiger partial charge in [-0.25, -0.2) is 9.97 Å². The van der Waals surface area contributed by atoms with E-state index in [9.17, 15) is 4.79 Å². The summed E-state index contributed by atoms with van der Waals surface area (Å²) in [7, 11) is 0. The van der Waals surface area contributed by atoms with E-state index in [1.807, 2.05) is 30.3 Å². The average molecular weight is 341 g/mol. The maximum Gasteiger partial charge on any atom is 0.270 e. The predicted molar refractivity (Wildman–Crippen MR) is 96.1 cm³/mol. The Kier molecular flexibility index (Phi) is 5.92. The van der Waals surface area contributed by atoms with Crippen molar-refractivity contribution in [1.82, 2.24) is 20.2 Å². The minimum atomic E-state index is -0.185. The van der Waals surface area contributed by atoms with Crippen LogP contribution in [0.5, 0.6) is 0 Å². The minimum absolute atomic E-state index is 0.185. The summed E-state index contributed by atoms with van der Waals surface area (Å²) in [6.07, 6.45) is 0. The second-order valence-electron chi connectivity index (χ2n) is 5.89. The van der Waals surface area contributed by atoms with Crippen LogP contribution in [-0.4, -0.2) is 60.2 Å². The molecule has 1 fully saturated rings. The lowest BCUT2D eigenvalue weighted by molar-refractivity contribution is 0.0383. The zero-order chi connectivity index (χ0) is 17.5. The third-order valence-corrected chi connectivity index (χ3v) is 3.93. The number of nitrogens with zero attached hydrogens (tertiary/aromatic N) is 3. The Labute approximate surface area is 147 Å². The Morgan fingerprint density at radius 3 is 2.72 bits per heavy atom. The standard InChI is InChI=1S/C18H23N5O2/c1-14-20-16(13-17(21-14)22-15-5-3-2-4-6-15)18(24)19-7-8-23-9-11-25-12-10-23/h2-6,13H,7-12H2,1H3,(H,19,24)(H,20,21,22).